The Hall–Kier alpha value is -4.41. The van der Waals surface area contributed by atoms with Crippen molar-refractivity contribution in [3.05, 3.63) is 57.8 Å². The zero-order valence-electron chi connectivity index (χ0n) is 19.7. The van der Waals surface area contributed by atoms with E-state index in [0.717, 1.165) is 16.8 Å². The second-order valence-electron chi connectivity index (χ2n) is 8.05. The van der Waals surface area contributed by atoms with Gasteiger partial charge in [0.15, 0.2) is 11.5 Å². The van der Waals surface area contributed by atoms with Crippen molar-refractivity contribution in [2.75, 3.05) is 24.9 Å². The molecule has 0 aliphatic carbocycles. The van der Waals surface area contributed by atoms with Crippen LogP contribution in [0, 0.1) is 17.0 Å². The van der Waals surface area contributed by atoms with E-state index < -0.39 is 16.9 Å². The first-order valence-electron chi connectivity index (χ1n) is 11.0. The Morgan fingerprint density at radius 2 is 1.94 bits per heavy atom. The summed E-state index contributed by atoms with van der Waals surface area (Å²) in [6.45, 7) is 3.63. The van der Waals surface area contributed by atoms with Crippen molar-refractivity contribution < 1.29 is 24.0 Å². The molecule has 182 valence electrons. The van der Waals surface area contributed by atoms with Crippen molar-refractivity contribution >= 4 is 29.0 Å². The molecule has 0 bridgehead atoms. The van der Waals surface area contributed by atoms with E-state index in [1.54, 1.807) is 31.9 Å². The number of aryl methyl sites for hydroxylation is 2. The molecule has 2 aromatic carbocycles. The van der Waals surface area contributed by atoms with Gasteiger partial charge in [0.1, 0.15) is 11.9 Å². The van der Waals surface area contributed by atoms with Gasteiger partial charge in [0.2, 0.25) is 5.91 Å². The molecular weight excluding hydrogens is 454 g/mol. The average Bonchev–Trinajstić information content (AvgIpc) is 3.34. The lowest BCUT2D eigenvalue weighted by atomic mass is 10.0. The highest BCUT2D eigenvalue weighted by Gasteiger charge is 2.37. The molecule has 0 saturated carbocycles. The molecule has 35 heavy (non-hydrogen) atoms. The molecule has 2 amide bonds. The van der Waals surface area contributed by atoms with Gasteiger partial charge in [-0.1, -0.05) is 13.0 Å². The lowest BCUT2D eigenvalue weighted by Crippen LogP contribution is -2.24. The van der Waals surface area contributed by atoms with Gasteiger partial charge < -0.3 is 20.1 Å². The van der Waals surface area contributed by atoms with Gasteiger partial charge in [0, 0.05) is 23.4 Å². The summed E-state index contributed by atoms with van der Waals surface area (Å²) < 4.78 is 12.3. The average molecular weight is 479 g/mol. The molecule has 1 aliphatic rings. The molecule has 2 heterocycles. The zero-order chi connectivity index (χ0) is 25.3. The number of carbonyl (C=O) groups is 2. The lowest BCUT2D eigenvalue weighted by Gasteiger charge is -2.11. The number of hydrogen-bond acceptors (Lipinski definition) is 7. The molecule has 0 fully saturated rings. The minimum absolute atomic E-state index is 0.0633. The minimum atomic E-state index is -0.831. The minimum Gasteiger partial charge on any atom is -0.493 e. The summed E-state index contributed by atoms with van der Waals surface area (Å²) in [4.78, 5) is 36.0. The molecule has 0 saturated heterocycles. The second kappa shape index (κ2) is 9.45. The predicted octanol–water partition coefficient (Wildman–Crippen LogP) is 3.87. The Labute approximate surface area is 201 Å². The zero-order valence-corrected chi connectivity index (χ0v) is 19.7. The van der Waals surface area contributed by atoms with Crippen molar-refractivity contribution in [2.24, 2.45) is 0 Å². The second-order valence-corrected chi connectivity index (χ2v) is 8.05. The number of rotatable bonds is 8. The third kappa shape index (κ3) is 4.39. The number of non-ortho nitro benzene ring substituents is 1. The van der Waals surface area contributed by atoms with E-state index in [2.05, 4.69) is 15.7 Å². The van der Waals surface area contributed by atoms with Crippen LogP contribution in [-0.2, 0) is 16.0 Å². The van der Waals surface area contributed by atoms with E-state index in [9.17, 15) is 19.7 Å². The fourth-order valence-corrected chi connectivity index (χ4v) is 4.14. The predicted molar refractivity (Wildman–Crippen MR) is 129 cm³/mol. The Morgan fingerprint density at radius 3 is 2.57 bits per heavy atom. The number of benzene rings is 2. The summed E-state index contributed by atoms with van der Waals surface area (Å²) in [5, 5.41) is 21.2. The molecule has 2 N–H and O–H groups in total. The molecule has 1 aliphatic heterocycles. The number of amides is 2. The number of anilines is 2. The summed E-state index contributed by atoms with van der Waals surface area (Å²) >= 11 is 0. The van der Waals surface area contributed by atoms with Crippen LogP contribution < -0.4 is 20.1 Å². The van der Waals surface area contributed by atoms with Gasteiger partial charge >= 0.3 is 0 Å². The number of nitrogens with one attached hydrogen (secondary N) is 2. The van der Waals surface area contributed by atoms with E-state index >= 15 is 0 Å². The first-order chi connectivity index (χ1) is 16.8. The third-order valence-electron chi connectivity index (χ3n) is 5.90. The first-order valence-corrected chi connectivity index (χ1v) is 11.0. The highest BCUT2D eigenvalue weighted by molar-refractivity contribution is 6.04. The molecule has 0 radical (unpaired) electrons. The van der Waals surface area contributed by atoms with Crippen LogP contribution in [0.3, 0.4) is 0 Å². The highest BCUT2D eigenvalue weighted by atomic mass is 16.6. The van der Waals surface area contributed by atoms with Gasteiger partial charge in [-0.05, 0) is 42.7 Å². The van der Waals surface area contributed by atoms with Crippen LogP contribution in [0.1, 0.15) is 30.6 Å². The van der Waals surface area contributed by atoms with E-state index in [4.69, 9.17) is 9.47 Å². The van der Waals surface area contributed by atoms with Crippen LogP contribution in [0.2, 0.25) is 0 Å². The van der Waals surface area contributed by atoms with Crippen LogP contribution in [0.4, 0.5) is 17.2 Å². The van der Waals surface area contributed by atoms with E-state index in [0.29, 0.717) is 35.0 Å². The number of carbonyl (C=O) groups excluding carboxylic acids is 2. The maximum absolute atomic E-state index is 12.8. The van der Waals surface area contributed by atoms with Gasteiger partial charge in [-0.3, -0.25) is 19.7 Å². The van der Waals surface area contributed by atoms with Gasteiger partial charge in [-0.2, -0.15) is 5.10 Å². The number of nitro groups is 1. The molecule has 4 rings (SSSR count). The summed E-state index contributed by atoms with van der Waals surface area (Å²) in [6, 6.07) is 8.81. The molecular formula is C24H25N5O6. The first kappa shape index (κ1) is 23.7. The molecule has 11 nitrogen and oxygen atoms in total. The van der Waals surface area contributed by atoms with Crippen LogP contribution >= 0.6 is 0 Å². The number of fused-ring (bicyclic) bond motifs is 1. The highest BCUT2D eigenvalue weighted by Crippen LogP contribution is 2.41. The molecule has 11 heteroatoms. The normalized spacial score (nSPS) is 14.3. The monoisotopic (exact) mass is 479 g/mol. The molecule has 3 aromatic rings. The maximum Gasteiger partial charge on any atom is 0.269 e. The quantitative estimate of drug-likeness (QED) is 0.369. The standard InChI is InChI=1S/C24H25N5O6/c1-5-16-22(14-6-9-19(34-3)20(11-14)35-4)23-26-24(31)18(28(23)27-16)12-21(30)25-17-8-7-15(29(32)33)10-13(17)2/h6-11,18H,5,12H2,1-4H3,(H,25,30)(H,26,31). The van der Waals surface area contributed by atoms with Crippen LogP contribution in [0.5, 0.6) is 11.5 Å². The number of hydrogen-bond donors (Lipinski definition) is 2. The van der Waals surface area contributed by atoms with E-state index in [-0.39, 0.29) is 18.0 Å². The fraction of sp³-hybridized carbons (Fsp3) is 0.292. The van der Waals surface area contributed by atoms with Crippen molar-refractivity contribution in [3.8, 4) is 22.6 Å². The Kier molecular flexibility index (Phi) is 6.41. The molecule has 1 atom stereocenters. The van der Waals surface area contributed by atoms with Crippen molar-refractivity contribution in [1.29, 1.82) is 0 Å². The fourth-order valence-electron chi connectivity index (χ4n) is 4.14. The van der Waals surface area contributed by atoms with Crippen molar-refractivity contribution in [3.63, 3.8) is 0 Å². The Bertz CT molecular complexity index is 1330. The maximum atomic E-state index is 12.8. The largest absolute Gasteiger partial charge is 0.493 e. The summed E-state index contributed by atoms with van der Waals surface area (Å²) in [5.74, 6) is 0.899. The third-order valence-corrected chi connectivity index (χ3v) is 5.90. The van der Waals surface area contributed by atoms with Crippen LogP contribution in [0.15, 0.2) is 36.4 Å². The number of nitro benzene ring substituents is 1. The van der Waals surface area contributed by atoms with Gasteiger partial charge in [-0.15, -0.1) is 0 Å². The number of nitrogens with zero attached hydrogens (tertiary/aromatic N) is 3. The van der Waals surface area contributed by atoms with E-state index in [1.807, 2.05) is 19.1 Å². The van der Waals surface area contributed by atoms with Crippen molar-refractivity contribution in [2.45, 2.75) is 32.7 Å². The topological polar surface area (TPSA) is 138 Å². The Morgan fingerprint density at radius 1 is 1.20 bits per heavy atom. The van der Waals surface area contributed by atoms with Gasteiger partial charge in [0.25, 0.3) is 11.6 Å². The molecule has 1 aromatic heterocycles. The molecule has 1 unspecified atom stereocenters. The summed E-state index contributed by atoms with van der Waals surface area (Å²) in [5.41, 5.74) is 3.26. The SMILES string of the molecule is CCc1nn2c(c1-c1ccc(OC)c(OC)c1)NC(=O)C2CC(=O)Nc1ccc([N+](=O)[O-])cc1C. The lowest BCUT2D eigenvalue weighted by molar-refractivity contribution is -0.384. The number of ether oxygens (including phenoxy) is 2. The summed E-state index contributed by atoms with van der Waals surface area (Å²) in [6.07, 6.45) is 0.464. The van der Waals surface area contributed by atoms with Crippen molar-refractivity contribution in [1.82, 2.24) is 9.78 Å². The number of methoxy groups -OCH3 is 2. The Balaban J connectivity index is 1.61. The van der Waals surface area contributed by atoms with Gasteiger partial charge in [-0.25, -0.2) is 4.68 Å². The van der Waals surface area contributed by atoms with E-state index in [1.165, 1.54) is 18.2 Å². The van der Waals surface area contributed by atoms with Crippen LogP contribution in [0.25, 0.3) is 11.1 Å². The molecule has 0 spiro atoms. The number of aromatic nitrogens is 2. The van der Waals surface area contributed by atoms with Gasteiger partial charge in [0.05, 0.1) is 31.3 Å². The summed E-state index contributed by atoms with van der Waals surface area (Å²) in [7, 11) is 3.11. The van der Waals surface area contributed by atoms with Crippen LogP contribution in [-0.4, -0.2) is 40.7 Å². The smallest absolute Gasteiger partial charge is 0.269 e.